The van der Waals surface area contributed by atoms with Crippen LogP contribution in [-0.4, -0.2) is 37.1 Å². The van der Waals surface area contributed by atoms with Crippen molar-refractivity contribution >= 4 is 34.9 Å². The van der Waals surface area contributed by atoms with E-state index in [0.29, 0.717) is 18.7 Å². The zero-order chi connectivity index (χ0) is 14.4. The first kappa shape index (κ1) is 16.1. The van der Waals surface area contributed by atoms with Gasteiger partial charge in [-0.15, -0.1) is 0 Å². The molecule has 0 amide bonds. The minimum absolute atomic E-state index is 0.253. The van der Waals surface area contributed by atoms with E-state index in [1.807, 2.05) is 0 Å². The quantitative estimate of drug-likeness (QED) is 0.648. The Hall–Kier alpha value is -0.970. The second kappa shape index (κ2) is 7.58. The molecule has 0 aliphatic heterocycles. The maximum atomic E-state index is 11.8. The van der Waals surface area contributed by atoms with E-state index in [-0.39, 0.29) is 15.7 Å². The third kappa shape index (κ3) is 4.56. The minimum atomic E-state index is -0.448. The molecule has 0 aliphatic rings. The first-order chi connectivity index (χ1) is 8.99. The van der Waals surface area contributed by atoms with E-state index in [1.54, 1.807) is 0 Å². The summed E-state index contributed by atoms with van der Waals surface area (Å²) < 4.78 is 5.17. The predicted octanol–water partition coefficient (Wildman–Crippen LogP) is 3.07. The molecule has 1 rings (SSSR count). The fourth-order valence-corrected chi connectivity index (χ4v) is 2.08. The van der Waals surface area contributed by atoms with Gasteiger partial charge in [-0.3, -0.25) is 0 Å². The van der Waals surface area contributed by atoms with Crippen molar-refractivity contribution < 1.29 is 9.53 Å². The van der Waals surface area contributed by atoms with Gasteiger partial charge < -0.3 is 15.4 Å². The molecule has 6 heteroatoms. The summed E-state index contributed by atoms with van der Waals surface area (Å²) in [5.74, 6) is -0.448. The van der Waals surface area contributed by atoms with E-state index in [4.69, 9.17) is 33.7 Å². The molecule has 0 saturated heterocycles. The van der Waals surface area contributed by atoms with Crippen LogP contribution in [0.2, 0.25) is 10.0 Å². The van der Waals surface area contributed by atoms with Gasteiger partial charge in [-0.1, -0.05) is 37.0 Å². The van der Waals surface area contributed by atoms with Gasteiger partial charge in [-0.05, 0) is 25.2 Å². The molecule has 1 aromatic rings. The van der Waals surface area contributed by atoms with Crippen molar-refractivity contribution in [2.75, 3.05) is 32.0 Å². The third-order valence-corrected chi connectivity index (χ3v) is 3.48. The van der Waals surface area contributed by atoms with E-state index in [2.05, 4.69) is 18.7 Å². The molecule has 0 radical (unpaired) electrons. The number of esters is 1. The van der Waals surface area contributed by atoms with Gasteiger partial charge in [0.15, 0.2) is 0 Å². The monoisotopic (exact) mass is 304 g/mol. The summed E-state index contributed by atoms with van der Waals surface area (Å²) >= 11 is 11.7. The summed E-state index contributed by atoms with van der Waals surface area (Å²) in [6.45, 7) is 7.01. The zero-order valence-electron chi connectivity index (χ0n) is 11.1. The fraction of sp³-hybridized carbons (Fsp3) is 0.462. The first-order valence-corrected chi connectivity index (χ1v) is 6.89. The molecular formula is C13H18Cl2N2O2. The predicted molar refractivity (Wildman–Crippen MR) is 78.9 cm³/mol. The summed E-state index contributed by atoms with van der Waals surface area (Å²) in [5.41, 5.74) is 6.18. The van der Waals surface area contributed by atoms with Crippen LogP contribution in [0.5, 0.6) is 0 Å². The molecule has 4 nitrogen and oxygen atoms in total. The summed E-state index contributed by atoms with van der Waals surface area (Å²) in [7, 11) is 0. The summed E-state index contributed by atoms with van der Waals surface area (Å²) in [6.07, 6.45) is 0. The van der Waals surface area contributed by atoms with E-state index in [1.165, 1.54) is 12.1 Å². The van der Waals surface area contributed by atoms with Crippen LogP contribution in [0.25, 0.3) is 0 Å². The zero-order valence-corrected chi connectivity index (χ0v) is 12.6. The van der Waals surface area contributed by atoms with Gasteiger partial charge in [0, 0.05) is 6.54 Å². The van der Waals surface area contributed by atoms with Crippen LogP contribution >= 0.6 is 23.2 Å². The Morgan fingerprint density at radius 1 is 1.26 bits per heavy atom. The van der Waals surface area contributed by atoms with Crippen LogP contribution in [0.3, 0.4) is 0 Å². The van der Waals surface area contributed by atoms with Crippen LogP contribution in [0.1, 0.15) is 24.2 Å². The van der Waals surface area contributed by atoms with Crippen molar-refractivity contribution in [3.63, 3.8) is 0 Å². The standard InChI is InChI=1S/C13H18Cl2N2O2/c1-3-17(4-2)5-6-19-13(18)9-7-10(14)12(16)11(15)8-9/h7-8H,3-6,16H2,1-2H3. The number of rotatable bonds is 6. The summed E-state index contributed by atoms with van der Waals surface area (Å²) in [4.78, 5) is 14.0. The molecule has 2 N–H and O–H groups in total. The molecule has 0 aliphatic carbocycles. The molecule has 1 aromatic carbocycles. The highest BCUT2D eigenvalue weighted by molar-refractivity contribution is 6.39. The van der Waals surface area contributed by atoms with Crippen LogP contribution in [0.4, 0.5) is 5.69 Å². The SMILES string of the molecule is CCN(CC)CCOC(=O)c1cc(Cl)c(N)c(Cl)c1. The average molecular weight is 305 g/mol. The van der Waals surface area contributed by atoms with Crippen LogP contribution in [0.15, 0.2) is 12.1 Å². The number of carbonyl (C=O) groups excluding carboxylic acids is 1. The van der Waals surface area contributed by atoms with Gasteiger partial charge in [0.05, 0.1) is 21.3 Å². The minimum Gasteiger partial charge on any atom is -0.461 e. The van der Waals surface area contributed by atoms with Crippen molar-refractivity contribution in [3.8, 4) is 0 Å². The van der Waals surface area contributed by atoms with E-state index in [9.17, 15) is 4.79 Å². The lowest BCUT2D eigenvalue weighted by Crippen LogP contribution is -2.27. The Kier molecular flexibility index (Phi) is 6.42. The normalized spacial score (nSPS) is 10.8. The second-order valence-corrected chi connectivity index (χ2v) is 4.83. The molecule has 0 bridgehead atoms. The number of hydrogen-bond acceptors (Lipinski definition) is 4. The largest absolute Gasteiger partial charge is 0.461 e. The number of halogens is 2. The molecule has 0 aromatic heterocycles. The van der Waals surface area contributed by atoms with Gasteiger partial charge in [-0.25, -0.2) is 4.79 Å². The molecule has 106 valence electrons. The summed E-state index contributed by atoms with van der Waals surface area (Å²) in [6, 6.07) is 2.92. The fourth-order valence-electron chi connectivity index (χ4n) is 1.59. The molecule has 0 saturated carbocycles. The molecule has 19 heavy (non-hydrogen) atoms. The van der Waals surface area contributed by atoms with Gasteiger partial charge in [0.25, 0.3) is 0 Å². The van der Waals surface area contributed by atoms with Gasteiger partial charge in [0.2, 0.25) is 0 Å². The maximum Gasteiger partial charge on any atom is 0.338 e. The number of hydrogen-bond donors (Lipinski definition) is 1. The molecule has 0 atom stereocenters. The number of likely N-dealkylation sites (N-methyl/N-ethyl adjacent to an activating group) is 1. The summed E-state index contributed by atoms with van der Waals surface area (Å²) in [5, 5.41) is 0.506. The number of ether oxygens (including phenoxy) is 1. The van der Waals surface area contributed by atoms with Crippen LogP contribution in [-0.2, 0) is 4.74 Å². The van der Waals surface area contributed by atoms with Crippen molar-refractivity contribution in [3.05, 3.63) is 27.7 Å². The highest BCUT2D eigenvalue weighted by Gasteiger charge is 2.12. The van der Waals surface area contributed by atoms with Crippen molar-refractivity contribution in [2.24, 2.45) is 0 Å². The first-order valence-electron chi connectivity index (χ1n) is 6.13. The number of anilines is 1. The van der Waals surface area contributed by atoms with Crippen molar-refractivity contribution in [2.45, 2.75) is 13.8 Å². The van der Waals surface area contributed by atoms with Crippen molar-refractivity contribution in [1.29, 1.82) is 0 Å². The lowest BCUT2D eigenvalue weighted by atomic mass is 10.2. The lowest BCUT2D eigenvalue weighted by molar-refractivity contribution is 0.0466. The van der Waals surface area contributed by atoms with E-state index in [0.717, 1.165) is 13.1 Å². The Morgan fingerprint density at radius 3 is 2.26 bits per heavy atom. The van der Waals surface area contributed by atoms with Gasteiger partial charge >= 0.3 is 5.97 Å². The average Bonchev–Trinajstić information content (AvgIpc) is 2.40. The Bertz CT molecular complexity index is 425. The highest BCUT2D eigenvalue weighted by Crippen LogP contribution is 2.29. The van der Waals surface area contributed by atoms with Gasteiger partial charge in [0.1, 0.15) is 6.61 Å². The number of nitrogens with two attached hydrogens (primary N) is 1. The second-order valence-electron chi connectivity index (χ2n) is 4.02. The molecule has 0 unspecified atom stereocenters. The Morgan fingerprint density at radius 2 is 1.79 bits per heavy atom. The highest BCUT2D eigenvalue weighted by atomic mass is 35.5. The Balaban J connectivity index is 2.59. The van der Waals surface area contributed by atoms with E-state index < -0.39 is 5.97 Å². The van der Waals surface area contributed by atoms with Gasteiger partial charge in [-0.2, -0.15) is 0 Å². The smallest absolute Gasteiger partial charge is 0.338 e. The molecule has 0 spiro atoms. The number of nitrogen functional groups attached to an aromatic ring is 1. The third-order valence-electron chi connectivity index (χ3n) is 2.85. The van der Waals surface area contributed by atoms with Crippen LogP contribution < -0.4 is 5.73 Å². The lowest BCUT2D eigenvalue weighted by Gasteiger charge is -2.17. The van der Waals surface area contributed by atoms with Crippen LogP contribution in [0, 0.1) is 0 Å². The molecular weight excluding hydrogens is 287 g/mol. The Labute approximate surface area is 123 Å². The number of benzene rings is 1. The molecule has 0 fully saturated rings. The van der Waals surface area contributed by atoms with E-state index >= 15 is 0 Å². The molecule has 0 heterocycles. The topological polar surface area (TPSA) is 55.6 Å². The number of nitrogens with zero attached hydrogens (tertiary/aromatic N) is 1. The maximum absolute atomic E-state index is 11.8. The number of carbonyl (C=O) groups is 1. The van der Waals surface area contributed by atoms with Crippen molar-refractivity contribution in [1.82, 2.24) is 4.90 Å².